The Morgan fingerprint density at radius 2 is 1.75 bits per heavy atom. The van der Waals surface area contributed by atoms with E-state index in [2.05, 4.69) is 31.9 Å². The van der Waals surface area contributed by atoms with Crippen molar-refractivity contribution in [3.63, 3.8) is 0 Å². The number of nitrogens with one attached hydrogen (secondary N) is 1. The van der Waals surface area contributed by atoms with E-state index in [-0.39, 0.29) is 5.56 Å². The summed E-state index contributed by atoms with van der Waals surface area (Å²) < 4.78 is 5.21. The van der Waals surface area contributed by atoms with Gasteiger partial charge in [-0.2, -0.15) is 0 Å². The molecular weight excluding hydrogens is 399 g/mol. The molecular formula is C20H20Cl2N4O2. The highest BCUT2D eigenvalue weighted by atomic mass is 35.5. The Balaban J connectivity index is 1.45. The van der Waals surface area contributed by atoms with Gasteiger partial charge < -0.3 is 14.6 Å². The van der Waals surface area contributed by atoms with Gasteiger partial charge in [0.05, 0.1) is 28.2 Å². The summed E-state index contributed by atoms with van der Waals surface area (Å²) in [7, 11) is 1.67. The molecule has 0 bridgehead atoms. The average molecular weight is 419 g/mol. The molecule has 0 amide bonds. The summed E-state index contributed by atoms with van der Waals surface area (Å²) in [5.74, 6) is 0.852. The number of hydrogen-bond acceptors (Lipinski definition) is 5. The van der Waals surface area contributed by atoms with Gasteiger partial charge in [0.1, 0.15) is 11.4 Å². The molecule has 0 saturated carbocycles. The molecule has 4 rings (SSSR count). The molecule has 146 valence electrons. The predicted octanol–water partition coefficient (Wildman–Crippen LogP) is 3.56. The van der Waals surface area contributed by atoms with Crippen LogP contribution in [0.3, 0.4) is 0 Å². The Morgan fingerprint density at radius 3 is 2.43 bits per heavy atom. The fourth-order valence-corrected chi connectivity index (χ4v) is 3.72. The number of H-pyrrole nitrogens is 1. The van der Waals surface area contributed by atoms with Crippen molar-refractivity contribution in [1.29, 1.82) is 0 Å². The quantitative estimate of drug-likeness (QED) is 0.701. The number of benzene rings is 2. The number of nitrogens with zero attached hydrogens (tertiary/aromatic N) is 3. The van der Waals surface area contributed by atoms with Crippen LogP contribution in [-0.2, 0) is 6.54 Å². The highest BCUT2D eigenvalue weighted by Crippen LogP contribution is 2.25. The Morgan fingerprint density at radius 1 is 1.07 bits per heavy atom. The fourth-order valence-electron chi connectivity index (χ4n) is 3.40. The number of rotatable bonds is 4. The summed E-state index contributed by atoms with van der Waals surface area (Å²) in [5, 5.41) is 0.821. The standard InChI is InChI=1S/C20H20Cl2N4O2/c1-28-14-4-2-13(3-5-14)26-8-6-25(7-9-26)12-19-20(27)24-18-11-16(22)15(21)10-17(18)23-19/h2-5,10-11H,6-9,12H2,1H3,(H,24,27). The number of hydrogen-bond donors (Lipinski definition) is 1. The Kier molecular flexibility index (Phi) is 5.44. The normalized spacial score (nSPS) is 15.2. The second-order valence-corrected chi connectivity index (χ2v) is 7.57. The van der Waals surface area contributed by atoms with Crippen LogP contribution >= 0.6 is 23.2 Å². The van der Waals surface area contributed by atoms with E-state index in [1.54, 1.807) is 19.2 Å². The first kappa shape index (κ1) is 19.1. The Hall–Kier alpha value is -2.28. The lowest BCUT2D eigenvalue weighted by molar-refractivity contribution is 0.246. The second-order valence-electron chi connectivity index (χ2n) is 6.76. The monoisotopic (exact) mass is 418 g/mol. The summed E-state index contributed by atoms with van der Waals surface area (Å²) in [5.41, 5.74) is 2.70. The van der Waals surface area contributed by atoms with Gasteiger partial charge in [0, 0.05) is 38.4 Å². The lowest BCUT2D eigenvalue weighted by Gasteiger charge is -2.35. The van der Waals surface area contributed by atoms with Crippen molar-refractivity contribution in [2.45, 2.75) is 6.54 Å². The van der Waals surface area contributed by atoms with E-state index in [4.69, 9.17) is 27.9 Å². The number of ether oxygens (including phenoxy) is 1. The van der Waals surface area contributed by atoms with Crippen molar-refractivity contribution >= 4 is 39.9 Å². The van der Waals surface area contributed by atoms with Gasteiger partial charge in [-0.05, 0) is 36.4 Å². The van der Waals surface area contributed by atoms with Crippen LogP contribution in [0.1, 0.15) is 5.69 Å². The Labute approximate surface area is 172 Å². The smallest absolute Gasteiger partial charge is 0.271 e. The maximum Gasteiger partial charge on any atom is 0.271 e. The molecule has 0 spiro atoms. The van der Waals surface area contributed by atoms with Gasteiger partial charge in [0.15, 0.2) is 0 Å². The summed E-state index contributed by atoms with van der Waals surface area (Å²) in [6.45, 7) is 3.99. The number of fused-ring (bicyclic) bond motifs is 1. The van der Waals surface area contributed by atoms with Crippen molar-refractivity contribution in [1.82, 2.24) is 14.9 Å². The third kappa shape index (κ3) is 3.94. The average Bonchev–Trinajstić information content (AvgIpc) is 2.71. The van der Waals surface area contributed by atoms with Crippen molar-refractivity contribution in [3.05, 3.63) is 62.5 Å². The van der Waals surface area contributed by atoms with Crippen LogP contribution in [-0.4, -0.2) is 48.2 Å². The van der Waals surface area contributed by atoms with Gasteiger partial charge in [-0.15, -0.1) is 0 Å². The maximum absolute atomic E-state index is 12.4. The lowest BCUT2D eigenvalue weighted by atomic mass is 10.2. The van der Waals surface area contributed by atoms with Crippen LogP contribution in [0.5, 0.6) is 5.75 Å². The molecule has 1 aliphatic heterocycles. The van der Waals surface area contributed by atoms with E-state index >= 15 is 0 Å². The lowest BCUT2D eigenvalue weighted by Crippen LogP contribution is -2.46. The van der Waals surface area contributed by atoms with Gasteiger partial charge in [-0.25, -0.2) is 4.98 Å². The number of aromatic nitrogens is 2. The van der Waals surface area contributed by atoms with Crippen LogP contribution in [0.25, 0.3) is 11.0 Å². The van der Waals surface area contributed by atoms with Gasteiger partial charge in [-0.3, -0.25) is 9.69 Å². The number of aromatic amines is 1. The van der Waals surface area contributed by atoms with Crippen molar-refractivity contribution in [2.24, 2.45) is 0 Å². The largest absolute Gasteiger partial charge is 0.497 e. The van der Waals surface area contributed by atoms with E-state index in [0.29, 0.717) is 33.3 Å². The summed E-state index contributed by atoms with van der Waals surface area (Å²) in [4.78, 5) is 24.3. The van der Waals surface area contributed by atoms with E-state index in [1.165, 1.54) is 5.69 Å². The molecule has 0 aliphatic carbocycles. The van der Waals surface area contributed by atoms with Crippen LogP contribution in [0.2, 0.25) is 10.0 Å². The molecule has 0 unspecified atom stereocenters. The first-order valence-corrected chi connectivity index (χ1v) is 9.78. The van der Waals surface area contributed by atoms with E-state index in [1.807, 2.05) is 12.1 Å². The molecule has 2 aromatic carbocycles. The van der Waals surface area contributed by atoms with E-state index in [0.717, 1.165) is 31.9 Å². The molecule has 2 heterocycles. The summed E-state index contributed by atoms with van der Waals surface area (Å²) >= 11 is 12.1. The molecule has 1 aromatic heterocycles. The first-order chi connectivity index (χ1) is 13.5. The van der Waals surface area contributed by atoms with Gasteiger partial charge in [-0.1, -0.05) is 23.2 Å². The van der Waals surface area contributed by atoms with Crippen molar-refractivity contribution < 1.29 is 4.74 Å². The minimum absolute atomic E-state index is 0.191. The second kappa shape index (κ2) is 7.99. The van der Waals surface area contributed by atoms with Crippen LogP contribution in [0.4, 0.5) is 5.69 Å². The molecule has 3 aromatic rings. The first-order valence-electron chi connectivity index (χ1n) is 9.03. The predicted molar refractivity (Wildman–Crippen MR) is 113 cm³/mol. The number of halogens is 2. The molecule has 8 heteroatoms. The fraction of sp³-hybridized carbons (Fsp3) is 0.300. The molecule has 0 radical (unpaired) electrons. The number of anilines is 1. The third-order valence-electron chi connectivity index (χ3n) is 4.99. The highest BCUT2D eigenvalue weighted by molar-refractivity contribution is 6.42. The molecule has 6 nitrogen and oxygen atoms in total. The molecule has 1 fully saturated rings. The van der Waals surface area contributed by atoms with Crippen LogP contribution in [0.15, 0.2) is 41.2 Å². The third-order valence-corrected chi connectivity index (χ3v) is 5.71. The van der Waals surface area contributed by atoms with Gasteiger partial charge in [0.2, 0.25) is 0 Å². The molecule has 1 saturated heterocycles. The van der Waals surface area contributed by atoms with Crippen molar-refractivity contribution in [2.75, 3.05) is 38.2 Å². The molecule has 0 atom stereocenters. The van der Waals surface area contributed by atoms with Crippen molar-refractivity contribution in [3.8, 4) is 5.75 Å². The van der Waals surface area contributed by atoms with Crippen LogP contribution in [0, 0.1) is 0 Å². The maximum atomic E-state index is 12.4. The van der Waals surface area contributed by atoms with Gasteiger partial charge >= 0.3 is 0 Å². The molecule has 1 aliphatic rings. The minimum atomic E-state index is -0.191. The number of methoxy groups -OCH3 is 1. The van der Waals surface area contributed by atoms with E-state index in [9.17, 15) is 4.79 Å². The highest BCUT2D eigenvalue weighted by Gasteiger charge is 2.19. The zero-order valence-corrected chi connectivity index (χ0v) is 16.9. The summed E-state index contributed by atoms with van der Waals surface area (Å²) in [6, 6.07) is 11.4. The van der Waals surface area contributed by atoms with E-state index < -0.39 is 0 Å². The minimum Gasteiger partial charge on any atom is -0.497 e. The topological polar surface area (TPSA) is 61.5 Å². The Bertz CT molecular complexity index is 1040. The zero-order valence-electron chi connectivity index (χ0n) is 15.4. The molecule has 28 heavy (non-hydrogen) atoms. The number of piperazine rings is 1. The van der Waals surface area contributed by atoms with Crippen LogP contribution < -0.4 is 15.2 Å². The van der Waals surface area contributed by atoms with Gasteiger partial charge in [0.25, 0.3) is 5.56 Å². The SMILES string of the molecule is COc1ccc(N2CCN(Cc3nc4cc(Cl)c(Cl)cc4[nH]c3=O)CC2)cc1. The zero-order chi connectivity index (χ0) is 19.7. The summed E-state index contributed by atoms with van der Waals surface area (Å²) in [6.07, 6.45) is 0. The molecule has 1 N–H and O–H groups in total.